The number of benzene rings is 1. The number of likely N-dealkylation sites (tertiary alicyclic amines) is 1. The zero-order chi connectivity index (χ0) is 16.9. The lowest BCUT2D eigenvalue weighted by Gasteiger charge is -2.30. The highest BCUT2D eigenvalue weighted by atomic mass is 79.9. The third-order valence-corrected chi connectivity index (χ3v) is 5.11. The fourth-order valence-electron chi connectivity index (χ4n) is 3.26. The molecule has 1 aliphatic heterocycles. The van der Waals surface area contributed by atoms with Crippen molar-refractivity contribution in [3.05, 3.63) is 64.1 Å². The number of hydrogen-bond donors (Lipinski definition) is 0. The molecule has 1 aliphatic rings. The number of aromatic nitrogens is 1. The Bertz CT molecular complexity index is 708. The van der Waals surface area contributed by atoms with Gasteiger partial charge in [-0.1, -0.05) is 18.9 Å². The van der Waals surface area contributed by atoms with Gasteiger partial charge in [0.05, 0.1) is 16.9 Å². The van der Waals surface area contributed by atoms with Crippen LogP contribution >= 0.6 is 15.9 Å². The van der Waals surface area contributed by atoms with Gasteiger partial charge in [-0.25, -0.2) is 4.39 Å². The van der Waals surface area contributed by atoms with Crippen LogP contribution in [0.3, 0.4) is 0 Å². The molecule has 2 heterocycles. The minimum absolute atomic E-state index is 0.0946. The Balaban J connectivity index is 1.80. The SMILES string of the molecule is O=C(Cc1ccc(F)c(Br)c1)N1CCCCCC1c1ccncc1. The van der Waals surface area contributed by atoms with Crippen LogP contribution in [0.25, 0.3) is 0 Å². The molecule has 0 spiro atoms. The third kappa shape index (κ3) is 4.01. The number of carbonyl (C=O) groups excluding carboxylic acids is 1. The molecule has 0 aliphatic carbocycles. The van der Waals surface area contributed by atoms with Crippen LogP contribution in [0, 0.1) is 5.82 Å². The second-order valence-electron chi connectivity index (χ2n) is 6.16. The Hall–Kier alpha value is -1.75. The minimum atomic E-state index is -0.310. The highest BCUT2D eigenvalue weighted by molar-refractivity contribution is 9.10. The first kappa shape index (κ1) is 17.1. The van der Waals surface area contributed by atoms with Crippen LogP contribution in [0.15, 0.2) is 47.2 Å². The van der Waals surface area contributed by atoms with E-state index in [4.69, 9.17) is 0 Å². The first-order valence-corrected chi connectivity index (χ1v) is 9.08. The van der Waals surface area contributed by atoms with E-state index in [0.29, 0.717) is 10.9 Å². The molecule has 1 unspecified atom stereocenters. The Morgan fingerprint density at radius 2 is 2.00 bits per heavy atom. The van der Waals surface area contributed by atoms with E-state index in [2.05, 4.69) is 20.9 Å². The summed E-state index contributed by atoms with van der Waals surface area (Å²) in [5.41, 5.74) is 1.96. The standard InChI is InChI=1S/C19H20BrFN2O/c20-16-12-14(5-6-17(16)21)13-19(24)23-11-3-1-2-4-18(23)15-7-9-22-10-8-15/h5-10,12,18H,1-4,11,13H2. The predicted molar refractivity (Wildman–Crippen MR) is 95.0 cm³/mol. The van der Waals surface area contributed by atoms with Crippen LogP contribution in [-0.2, 0) is 11.2 Å². The molecule has 1 amide bonds. The fourth-order valence-corrected chi connectivity index (χ4v) is 3.69. The predicted octanol–water partition coefficient (Wildman–Crippen LogP) is 4.67. The van der Waals surface area contributed by atoms with Gasteiger partial charge in [0.15, 0.2) is 0 Å². The van der Waals surface area contributed by atoms with Crippen molar-refractivity contribution in [2.45, 2.75) is 38.1 Å². The van der Waals surface area contributed by atoms with Crippen molar-refractivity contribution < 1.29 is 9.18 Å². The molecule has 126 valence electrons. The molecule has 0 N–H and O–H groups in total. The van der Waals surface area contributed by atoms with Crippen molar-refractivity contribution in [2.24, 2.45) is 0 Å². The first-order chi connectivity index (χ1) is 11.6. The Morgan fingerprint density at radius 1 is 1.21 bits per heavy atom. The zero-order valence-corrected chi connectivity index (χ0v) is 15.0. The van der Waals surface area contributed by atoms with Gasteiger partial charge in [-0.05, 0) is 64.2 Å². The lowest BCUT2D eigenvalue weighted by atomic mass is 10.0. The molecule has 1 aromatic heterocycles. The molecule has 0 radical (unpaired) electrons. The van der Waals surface area contributed by atoms with Crippen molar-refractivity contribution in [1.29, 1.82) is 0 Å². The van der Waals surface area contributed by atoms with Crippen molar-refractivity contribution in [3.63, 3.8) is 0 Å². The minimum Gasteiger partial charge on any atom is -0.335 e. The summed E-state index contributed by atoms with van der Waals surface area (Å²) < 4.78 is 13.8. The molecule has 2 aromatic rings. The highest BCUT2D eigenvalue weighted by Crippen LogP contribution is 2.30. The van der Waals surface area contributed by atoms with E-state index in [1.165, 1.54) is 6.07 Å². The lowest BCUT2D eigenvalue weighted by molar-refractivity contribution is -0.132. The highest BCUT2D eigenvalue weighted by Gasteiger charge is 2.26. The summed E-state index contributed by atoms with van der Waals surface area (Å²) in [5.74, 6) is -0.215. The van der Waals surface area contributed by atoms with E-state index < -0.39 is 0 Å². The van der Waals surface area contributed by atoms with Gasteiger partial charge in [-0.15, -0.1) is 0 Å². The summed E-state index contributed by atoms with van der Waals surface area (Å²) in [6.07, 6.45) is 8.12. The molecule has 3 rings (SSSR count). The Morgan fingerprint density at radius 3 is 2.75 bits per heavy atom. The third-order valence-electron chi connectivity index (χ3n) is 4.50. The summed E-state index contributed by atoms with van der Waals surface area (Å²) in [4.78, 5) is 19.0. The second kappa shape index (κ2) is 7.88. The normalized spacial score (nSPS) is 18.2. The van der Waals surface area contributed by atoms with Crippen molar-refractivity contribution in [1.82, 2.24) is 9.88 Å². The fraction of sp³-hybridized carbons (Fsp3) is 0.368. The average molecular weight is 391 g/mol. The molecule has 0 bridgehead atoms. The molecule has 1 saturated heterocycles. The molecule has 0 saturated carbocycles. The van der Waals surface area contributed by atoms with E-state index in [-0.39, 0.29) is 17.8 Å². The molecule has 1 atom stereocenters. The molecule has 5 heteroatoms. The number of nitrogens with zero attached hydrogens (tertiary/aromatic N) is 2. The van der Waals surface area contributed by atoms with Crippen molar-refractivity contribution in [3.8, 4) is 0 Å². The first-order valence-electron chi connectivity index (χ1n) is 8.28. The topological polar surface area (TPSA) is 33.2 Å². The lowest BCUT2D eigenvalue weighted by Crippen LogP contribution is -2.35. The number of carbonyl (C=O) groups is 1. The largest absolute Gasteiger partial charge is 0.335 e. The van der Waals surface area contributed by atoms with Gasteiger partial charge in [-0.2, -0.15) is 0 Å². The van der Waals surface area contributed by atoms with Gasteiger partial charge < -0.3 is 4.90 Å². The van der Waals surface area contributed by atoms with Crippen molar-refractivity contribution in [2.75, 3.05) is 6.54 Å². The molecule has 1 aromatic carbocycles. The van der Waals surface area contributed by atoms with E-state index in [9.17, 15) is 9.18 Å². The van der Waals surface area contributed by atoms with Crippen LogP contribution in [0.5, 0.6) is 0 Å². The van der Waals surface area contributed by atoms with E-state index >= 15 is 0 Å². The second-order valence-corrected chi connectivity index (χ2v) is 7.01. The van der Waals surface area contributed by atoms with E-state index in [0.717, 1.165) is 43.4 Å². The van der Waals surface area contributed by atoms with Gasteiger partial charge in [0.1, 0.15) is 5.82 Å². The average Bonchev–Trinajstić information content (AvgIpc) is 2.85. The van der Waals surface area contributed by atoms with Gasteiger partial charge >= 0.3 is 0 Å². The van der Waals surface area contributed by atoms with Gasteiger partial charge in [0, 0.05) is 18.9 Å². The van der Waals surface area contributed by atoms with Crippen LogP contribution in [0.4, 0.5) is 4.39 Å². The summed E-state index contributed by atoms with van der Waals surface area (Å²) in [6, 6.07) is 8.85. The number of halogens is 2. The Labute approximate surface area is 150 Å². The number of hydrogen-bond acceptors (Lipinski definition) is 2. The zero-order valence-electron chi connectivity index (χ0n) is 13.4. The molecular weight excluding hydrogens is 371 g/mol. The quantitative estimate of drug-likeness (QED) is 0.762. The van der Waals surface area contributed by atoms with Crippen LogP contribution in [0.2, 0.25) is 0 Å². The molecular formula is C19H20BrFN2O. The monoisotopic (exact) mass is 390 g/mol. The molecule has 24 heavy (non-hydrogen) atoms. The van der Waals surface area contributed by atoms with Crippen LogP contribution in [-0.4, -0.2) is 22.3 Å². The van der Waals surface area contributed by atoms with Gasteiger partial charge in [0.2, 0.25) is 5.91 Å². The maximum Gasteiger partial charge on any atom is 0.227 e. The maximum absolute atomic E-state index is 13.4. The smallest absolute Gasteiger partial charge is 0.227 e. The molecule has 1 fully saturated rings. The van der Waals surface area contributed by atoms with E-state index in [1.54, 1.807) is 24.5 Å². The number of amides is 1. The summed E-state index contributed by atoms with van der Waals surface area (Å²) in [7, 11) is 0. The summed E-state index contributed by atoms with van der Waals surface area (Å²) in [6.45, 7) is 0.772. The maximum atomic E-state index is 13.4. The van der Waals surface area contributed by atoms with Gasteiger partial charge in [0.25, 0.3) is 0 Å². The summed E-state index contributed by atoms with van der Waals surface area (Å²) in [5, 5.41) is 0. The van der Waals surface area contributed by atoms with Gasteiger partial charge in [-0.3, -0.25) is 9.78 Å². The van der Waals surface area contributed by atoms with Crippen LogP contribution < -0.4 is 0 Å². The Kier molecular flexibility index (Phi) is 5.61. The number of rotatable bonds is 3. The molecule has 3 nitrogen and oxygen atoms in total. The van der Waals surface area contributed by atoms with Crippen LogP contribution in [0.1, 0.15) is 42.9 Å². The number of pyridine rings is 1. The van der Waals surface area contributed by atoms with Crippen molar-refractivity contribution >= 4 is 21.8 Å². The summed E-state index contributed by atoms with van der Waals surface area (Å²) >= 11 is 3.19. The van der Waals surface area contributed by atoms with E-state index in [1.807, 2.05) is 17.0 Å².